The van der Waals surface area contributed by atoms with Crippen LogP contribution in [0, 0.1) is 0 Å². The highest BCUT2D eigenvalue weighted by atomic mass is 35.5. The Morgan fingerprint density at radius 1 is 1.46 bits per heavy atom. The van der Waals surface area contributed by atoms with Gasteiger partial charge < -0.3 is 10.8 Å². The number of hydrogen-bond acceptors (Lipinski definition) is 3. The lowest BCUT2D eigenvalue weighted by Gasteiger charge is -2.08. The summed E-state index contributed by atoms with van der Waals surface area (Å²) in [6, 6.07) is 4.27. The Balaban J connectivity index is 2.66. The van der Waals surface area contributed by atoms with E-state index in [4.69, 9.17) is 17.3 Å². The third-order valence-electron chi connectivity index (χ3n) is 2.26. The zero-order valence-electron chi connectivity index (χ0n) is 6.70. The summed E-state index contributed by atoms with van der Waals surface area (Å²) in [5.41, 5.74) is 6.62. The Morgan fingerprint density at radius 2 is 2.15 bits per heavy atom. The average Bonchev–Trinajstić information content (AvgIpc) is 2.33. The number of aliphatic hydroxyl groups excluding tert-OH is 1. The monoisotopic (exact) mass is 197 g/mol. The number of fused-ring (bicyclic) bond motifs is 1. The number of Topliss-reactive ketones (excluding diaryl/α,β-unsaturated/α-hetero) is 1. The third kappa shape index (κ3) is 1.09. The number of hydrogen-bond donors (Lipinski definition) is 2. The van der Waals surface area contributed by atoms with Crippen molar-refractivity contribution in [2.45, 2.75) is 12.1 Å². The first kappa shape index (κ1) is 8.69. The highest BCUT2D eigenvalue weighted by Gasteiger charge is 2.37. The van der Waals surface area contributed by atoms with Crippen LogP contribution < -0.4 is 5.73 Å². The molecule has 0 bridgehead atoms. The molecule has 0 saturated heterocycles. The van der Waals surface area contributed by atoms with E-state index < -0.39 is 12.1 Å². The van der Waals surface area contributed by atoms with Crippen molar-refractivity contribution in [1.29, 1.82) is 0 Å². The summed E-state index contributed by atoms with van der Waals surface area (Å²) in [6.07, 6.45) is -1.14. The van der Waals surface area contributed by atoms with Crippen molar-refractivity contribution < 1.29 is 9.90 Å². The molecular formula is C9H8ClNO2. The number of ketones is 1. The van der Waals surface area contributed by atoms with Gasteiger partial charge in [-0.05, 0) is 6.07 Å². The number of rotatable bonds is 0. The van der Waals surface area contributed by atoms with Crippen LogP contribution in [0.2, 0.25) is 5.02 Å². The van der Waals surface area contributed by atoms with E-state index in [-0.39, 0.29) is 5.78 Å². The normalized spacial score (nSPS) is 26.2. The fourth-order valence-corrected chi connectivity index (χ4v) is 1.87. The second-order valence-corrected chi connectivity index (χ2v) is 3.44. The molecule has 3 N–H and O–H groups in total. The average molecular weight is 198 g/mol. The van der Waals surface area contributed by atoms with E-state index >= 15 is 0 Å². The summed E-state index contributed by atoms with van der Waals surface area (Å²) in [6.45, 7) is 0. The quantitative estimate of drug-likeness (QED) is 0.650. The van der Waals surface area contributed by atoms with Crippen molar-refractivity contribution in [3.8, 4) is 0 Å². The maximum absolute atomic E-state index is 11.4. The SMILES string of the molecule is N[C@H]1c2c(Cl)cccc2C(=O)[C@H]1O. The third-order valence-corrected chi connectivity index (χ3v) is 2.59. The minimum atomic E-state index is -1.14. The number of halogens is 1. The molecule has 3 nitrogen and oxygen atoms in total. The Labute approximate surface area is 80.1 Å². The molecule has 0 aliphatic heterocycles. The lowest BCUT2D eigenvalue weighted by Crippen LogP contribution is -2.25. The van der Waals surface area contributed by atoms with E-state index in [0.717, 1.165) is 0 Å². The number of aliphatic hydroxyl groups is 1. The second-order valence-electron chi connectivity index (χ2n) is 3.04. The first-order valence-electron chi connectivity index (χ1n) is 3.89. The van der Waals surface area contributed by atoms with Gasteiger partial charge in [0.05, 0.1) is 6.04 Å². The van der Waals surface area contributed by atoms with Crippen LogP contribution in [0.5, 0.6) is 0 Å². The Morgan fingerprint density at radius 3 is 2.77 bits per heavy atom. The van der Waals surface area contributed by atoms with Gasteiger partial charge in [0, 0.05) is 16.1 Å². The van der Waals surface area contributed by atoms with Crippen LogP contribution in [-0.4, -0.2) is 17.0 Å². The predicted molar refractivity (Wildman–Crippen MR) is 48.7 cm³/mol. The van der Waals surface area contributed by atoms with E-state index in [9.17, 15) is 9.90 Å². The van der Waals surface area contributed by atoms with E-state index in [1.165, 1.54) is 0 Å². The molecule has 0 unspecified atom stereocenters. The number of carbonyl (C=O) groups excluding carboxylic acids is 1. The van der Waals surface area contributed by atoms with Gasteiger partial charge in [-0.2, -0.15) is 0 Å². The molecule has 4 heteroatoms. The molecule has 1 aromatic carbocycles. The number of benzene rings is 1. The second kappa shape index (κ2) is 2.80. The smallest absolute Gasteiger partial charge is 0.193 e. The van der Waals surface area contributed by atoms with Crippen LogP contribution in [0.3, 0.4) is 0 Å². The molecule has 2 rings (SSSR count). The van der Waals surface area contributed by atoms with Gasteiger partial charge in [0.25, 0.3) is 0 Å². The van der Waals surface area contributed by atoms with Crippen molar-refractivity contribution in [3.05, 3.63) is 34.3 Å². The van der Waals surface area contributed by atoms with Gasteiger partial charge in [-0.3, -0.25) is 4.79 Å². The molecule has 2 atom stereocenters. The van der Waals surface area contributed by atoms with Crippen molar-refractivity contribution in [1.82, 2.24) is 0 Å². The van der Waals surface area contributed by atoms with E-state index in [1.54, 1.807) is 18.2 Å². The van der Waals surface area contributed by atoms with Crippen LogP contribution in [0.15, 0.2) is 18.2 Å². The maximum atomic E-state index is 11.4. The number of carbonyl (C=O) groups is 1. The fourth-order valence-electron chi connectivity index (χ4n) is 1.57. The van der Waals surface area contributed by atoms with Crippen molar-refractivity contribution in [2.24, 2.45) is 5.73 Å². The van der Waals surface area contributed by atoms with Gasteiger partial charge in [-0.25, -0.2) is 0 Å². The molecule has 0 aromatic heterocycles. The predicted octanol–water partition coefficient (Wildman–Crippen LogP) is 0.897. The van der Waals surface area contributed by atoms with E-state index in [0.29, 0.717) is 16.1 Å². The Hall–Kier alpha value is -0.900. The van der Waals surface area contributed by atoms with Gasteiger partial charge in [-0.1, -0.05) is 23.7 Å². The molecule has 1 aliphatic rings. The highest BCUT2D eigenvalue weighted by Crippen LogP contribution is 2.34. The summed E-state index contributed by atoms with van der Waals surface area (Å²) in [5, 5.41) is 9.82. The van der Waals surface area contributed by atoms with Gasteiger partial charge in [0.1, 0.15) is 6.10 Å². The van der Waals surface area contributed by atoms with E-state index in [2.05, 4.69) is 0 Å². The molecule has 0 saturated carbocycles. The highest BCUT2D eigenvalue weighted by molar-refractivity contribution is 6.32. The standard InChI is InChI=1S/C9H8ClNO2/c10-5-3-1-2-4-6(5)7(11)9(13)8(4)12/h1-3,7,9,13H,11H2/t7-,9-/m0/s1. The summed E-state index contributed by atoms with van der Waals surface area (Å²) in [5.74, 6) is -0.343. The molecule has 68 valence electrons. The van der Waals surface area contributed by atoms with Crippen LogP contribution in [0.1, 0.15) is 22.0 Å². The Bertz CT molecular complexity index is 378. The van der Waals surface area contributed by atoms with Crippen LogP contribution in [-0.2, 0) is 0 Å². The minimum absolute atomic E-state index is 0.343. The number of nitrogens with two attached hydrogens (primary N) is 1. The maximum Gasteiger partial charge on any atom is 0.193 e. The summed E-state index contributed by atoms with van der Waals surface area (Å²) in [4.78, 5) is 11.4. The fraction of sp³-hybridized carbons (Fsp3) is 0.222. The zero-order valence-corrected chi connectivity index (χ0v) is 7.45. The van der Waals surface area contributed by atoms with Crippen LogP contribution in [0.25, 0.3) is 0 Å². The first-order chi connectivity index (χ1) is 6.13. The molecule has 1 aromatic rings. The first-order valence-corrected chi connectivity index (χ1v) is 4.27. The van der Waals surface area contributed by atoms with Gasteiger partial charge in [0.15, 0.2) is 5.78 Å². The van der Waals surface area contributed by atoms with Crippen molar-refractivity contribution in [3.63, 3.8) is 0 Å². The summed E-state index contributed by atoms with van der Waals surface area (Å²) < 4.78 is 0. The van der Waals surface area contributed by atoms with Crippen LogP contribution in [0.4, 0.5) is 0 Å². The minimum Gasteiger partial charge on any atom is -0.383 e. The topological polar surface area (TPSA) is 63.3 Å². The van der Waals surface area contributed by atoms with Gasteiger partial charge in [-0.15, -0.1) is 0 Å². The Kier molecular flexibility index (Phi) is 1.87. The van der Waals surface area contributed by atoms with E-state index in [1.807, 2.05) is 0 Å². The van der Waals surface area contributed by atoms with Gasteiger partial charge in [0.2, 0.25) is 0 Å². The molecule has 0 heterocycles. The van der Waals surface area contributed by atoms with Gasteiger partial charge >= 0.3 is 0 Å². The molecule has 1 aliphatic carbocycles. The zero-order chi connectivity index (χ0) is 9.59. The molecule has 0 radical (unpaired) electrons. The molecule has 13 heavy (non-hydrogen) atoms. The van der Waals surface area contributed by atoms with Crippen LogP contribution >= 0.6 is 11.6 Å². The largest absolute Gasteiger partial charge is 0.383 e. The molecule has 0 fully saturated rings. The lowest BCUT2D eigenvalue weighted by molar-refractivity contribution is 0.0736. The van der Waals surface area contributed by atoms with Crippen molar-refractivity contribution in [2.75, 3.05) is 0 Å². The molecule has 0 amide bonds. The summed E-state index contributed by atoms with van der Waals surface area (Å²) >= 11 is 5.85. The lowest BCUT2D eigenvalue weighted by atomic mass is 10.1. The summed E-state index contributed by atoms with van der Waals surface area (Å²) in [7, 11) is 0. The molecule has 0 spiro atoms. The van der Waals surface area contributed by atoms with Crippen molar-refractivity contribution >= 4 is 17.4 Å². The molecular weight excluding hydrogens is 190 g/mol.